The van der Waals surface area contributed by atoms with E-state index in [-0.39, 0.29) is 53.2 Å². The molecule has 28 heteroatoms. The minimum Gasteiger partial charge on any atom is -0.452 e. The Morgan fingerprint density at radius 3 is 1.45 bits per heavy atom. The molecule has 0 aromatic heterocycles. The van der Waals surface area contributed by atoms with Crippen LogP contribution < -0.4 is 43.1 Å². The van der Waals surface area contributed by atoms with E-state index in [2.05, 4.69) is 31.9 Å². The number of benzene rings is 2. The molecule has 6 aliphatic rings. The van der Waals surface area contributed by atoms with Crippen LogP contribution in [0.5, 0.6) is 0 Å². The van der Waals surface area contributed by atoms with Gasteiger partial charge < -0.3 is 71.5 Å². The highest BCUT2D eigenvalue weighted by atomic mass is 16.3. The molecule has 4 fully saturated rings. The van der Waals surface area contributed by atoms with E-state index >= 15 is 4.79 Å². The van der Waals surface area contributed by atoms with Gasteiger partial charge in [0, 0.05) is 59.9 Å². The van der Waals surface area contributed by atoms with Crippen molar-refractivity contribution >= 4 is 87.7 Å². The summed E-state index contributed by atoms with van der Waals surface area (Å²) in [7, 11) is 5.69. The first-order valence-corrected chi connectivity index (χ1v) is 29.9. The van der Waals surface area contributed by atoms with Gasteiger partial charge in [-0.3, -0.25) is 62.3 Å². The fourth-order valence-electron chi connectivity index (χ4n) is 12.0. The minimum atomic E-state index is -1.73. The lowest BCUT2D eigenvalue weighted by molar-refractivity contribution is -0.149. The average molecular weight is 1230 g/mol. The molecule has 0 saturated carbocycles. The summed E-state index contributed by atoms with van der Waals surface area (Å²) < 4.78 is 6.40. The van der Waals surface area contributed by atoms with Crippen molar-refractivity contribution in [1.82, 2.24) is 66.3 Å². The van der Waals surface area contributed by atoms with Crippen LogP contribution >= 0.6 is 0 Å². The molecule has 12 amide bonds. The highest BCUT2D eigenvalue weighted by Crippen LogP contribution is 2.35. The minimum absolute atomic E-state index is 0.0476. The molecule has 1 aromatic carbocycles. The van der Waals surface area contributed by atoms with Crippen molar-refractivity contribution in [1.29, 1.82) is 0 Å². The van der Waals surface area contributed by atoms with Gasteiger partial charge in [-0.05, 0) is 74.8 Å². The van der Waals surface area contributed by atoms with Crippen LogP contribution in [-0.2, 0) is 47.9 Å². The molecule has 8 atom stereocenters. The van der Waals surface area contributed by atoms with Gasteiger partial charge in [0.2, 0.25) is 64.5 Å². The van der Waals surface area contributed by atoms with E-state index in [0.29, 0.717) is 24.8 Å². The maximum absolute atomic E-state index is 15.0. The van der Waals surface area contributed by atoms with Crippen molar-refractivity contribution in [3.05, 3.63) is 44.6 Å². The summed E-state index contributed by atoms with van der Waals surface area (Å²) in [6.45, 7) is 14.9. The molecule has 1 aliphatic carbocycles. The third-order valence-electron chi connectivity index (χ3n) is 17.1. The molecule has 8 N–H and O–H groups in total. The van der Waals surface area contributed by atoms with E-state index in [0.717, 1.165) is 0 Å². The molecule has 5 aliphatic heterocycles. The lowest BCUT2D eigenvalue weighted by atomic mass is 9.98. The number of hydrogen-bond acceptors (Lipinski definition) is 16. The first-order valence-electron chi connectivity index (χ1n) is 29.9. The second kappa shape index (κ2) is 27.1. The number of hydrogen-bond donors (Lipinski definition) is 7. The summed E-state index contributed by atoms with van der Waals surface area (Å²) in [4.78, 5) is 198. The molecular formula is C60H84N14O14. The average Bonchev–Trinajstić information content (AvgIpc) is 1.34. The molecule has 5 heterocycles. The van der Waals surface area contributed by atoms with Gasteiger partial charge >= 0.3 is 0 Å². The SMILES string of the molecule is Cc1c2oc3c(C)ccc(C(=O)N[C@H]4CNC(=O)[C@H](C(C)C)N(C)C(=O)CN(C)C(=O)[C@@H]5CCCN5C(=O)[C@@H](C(C)C)NC4=O)c3nc-2c(C(=O)N[C@H]2CNC(=O)[C@H](C(C)C)N(C)C(=O)CN(C)C(=O)[C@@H]3CCCN3C(=O)[C@@H](C(C)C)NC2=O)c(N)c1=O. The van der Waals surface area contributed by atoms with Gasteiger partial charge in [0.1, 0.15) is 59.5 Å². The summed E-state index contributed by atoms with van der Waals surface area (Å²) in [5.41, 5.74) is 3.83. The van der Waals surface area contributed by atoms with E-state index < -0.39 is 186 Å². The highest BCUT2D eigenvalue weighted by molar-refractivity contribution is 6.10. The molecular weight excluding hydrogens is 1140 g/mol. The van der Waals surface area contributed by atoms with Gasteiger partial charge in [-0.1, -0.05) is 61.5 Å². The van der Waals surface area contributed by atoms with Crippen molar-refractivity contribution in [3.63, 3.8) is 0 Å². The van der Waals surface area contributed by atoms with Gasteiger partial charge in [0.25, 0.3) is 11.8 Å². The molecule has 0 spiro atoms. The highest BCUT2D eigenvalue weighted by Gasteiger charge is 2.45. The predicted molar refractivity (Wildman–Crippen MR) is 320 cm³/mol. The van der Waals surface area contributed by atoms with Gasteiger partial charge in [0.05, 0.1) is 29.9 Å². The van der Waals surface area contributed by atoms with Crippen LogP contribution in [-0.4, -0.2) is 221 Å². The number of fused-ring (bicyclic) bond motifs is 4. The zero-order valence-corrected chi connectivity index (χ0v) is 52.6. The Bertz CT molecular complexity index is 3340. The van der Waals surface area contributed by atoms with Crippen LogP contribution in [0.3, 0.4) is 0 Å². The number of nitrogens with zero attached hydrogens (tertiary/aromatic N) is 7. The number of nitrogens with two attached hydrogens (primary N) is 1. The van der Waals surface area contributed by atoms with Crippen LogP contribution in [0.25, 0.3) is 22.6 Å². The van der Waals surface area contributed by atoms with Gasteiger partial charge in [0.15, 0.2) is 11.3 Å². The van der Waals surface area contributed by atoms with Gasteiger partial charge in [-0.25, -0.2) is 4.98 Å². The Morgan fingerprint density at radius 2 is 1.03 bits per heavy atom. The zero-order valence-electron chi connectivity index (χ0n) is 52.6. The van der Waals surface area contributed by atoms with E-state index in [1.165, 1.54) is 76.6 Å². The van der Waals surface area contributed by atoms with Crippen LogP contribution in [0.2, 0.25) is 0 Å². The number of rotatable bonds is 8. The fourth-order valence-corrected chi connectivity index (χ4v) is 12.0. The summed E-state index contributed by atoms with van der Waals surface area (Å²) in [5, 5.41) is 16.1. The lowest BCUT2D eigenvalue weighted by Crippen LogP contribution is -2.61. The van der Waals surface area contributed by atoms with E-state index in [4.69, 9.17) is 15.1 Å². The molecule has 4 saturated heterocycles. The Kier molecular flexibility index (Phi) is 20.6. The number of nitrogen functional groups attached to an aromatic ring is 1. The van der Waals surface area contributed by atoms with Crippen LogP contribution in [0.1, 0.15) is 113 Å². The number of nitrogens with one attached hydrogen (secondary N) is 6. The number of aryl methyl sites for hydroxylation is 1. The number of carbonyl (C=O) groups excluding carboxylic acids is 12. The monoisotopic (exact) mass is 1220 g/mol. The Morgan fingerprint density at radius 1 is 0.602 bits per heavy atom. The fraction of sp³-hybridized carbons (Fsp3) is 0.600. The smallest absolute Gasteiger partial charge is 0.256 e. The number of likely N-dealkylation sites (N-methyl/N-ethyl adjacent to an activating group) is 4. The Labute approximate surface area is 510 Å². The summed E-state index contributed by atoms with van der Waals surface area (Å²) in [6, 6.07) is -7.16. The molecule has 0 bridgehead atoms. The molecule has 28 nitrogen and oxygen atoms in total. The Balaban J connectivity index is 1.29. The predicted octanol–water partition coefficient (Wildman–Crippen LogP) is -0.905. The van der Waals surface area contributed by atoms with Gasteiger partial charge in [-0.15, -0.1) is 0 Å². The third kappa shape index (κ3) is 13.5. The molecule has 1 aromatic rings. The van der Waals surface area contributed by atoms with Crippen LogP contribution in [0.15, 0.2) is 21.3 Å². The molecule has 7 rings (SSSR count). The van der Waals surface area contributed by atoms with Crippen LogP contribution in [0, 0.1) is 37.5 Å². The summed E-state index contributed by atoms with van der Waals surface area (Å²) in [6.07, 6.45) is 1.51. The van der Waals surface area contributed by atoms with Gasteiger partial charge in [-0.2, -0.15) is 0 Å². The molecule has 0 unspecified atom stereocenters. The molecule has 88 heavy (non-hydrogen) atoms. The zero-order chi connectivity index (χ0) is 65.2. The Hall–Kier alpha value is -8.72. The molecule has 0 radical (unpaired) electrons. The van der Waals surface area contributed by atoms with Crippen molar-refractivity contribution in [2.75, 3.05) is 73.2 Å². The second-order valence-electron chi connectivity index (χ2n) is 24.9. The number of amides is 12. The standard InChI is InChI=1S/C60H84N14O14/c1-27(2)42-59(86)73-21-15-17-36(73)57(84)69(11)25-38(75)71(13)46(29(5)6)55(82)62-23-34(52(79)67-42)64-51(78)33-20-19-31(9)49-44(33)66-45-40(41(61)48(77)32(10)50(45)88-49)54(81)65-35-24-63-56(83)47(30(7)8)72(14)39(76)26-70(12)58(85)37-18-16-22-74(37)60(87)43(28(3)4)68-53(35)80/h19-20,27-30,34-37,42-43,46-47H,15-18,21-26,61H2,1-14H3,(H,62,82)(H,63,83)(H,64,78)(H,65,81)(H,67,79)(H,68,80)/t34-,35-,36-,37-,42+,43+,46-,47-/m0/s1. The van der Waals surface area contributed by atoms with E-state index in [1.54, 1.807) is 62.3 Å². The lowest BCUT2D eigenvalue weighted by Gasteiger charge is -2.35. The molecule has 478 valence electrons. The van der Waals surface area contributed by atoms with Crippen molar-refractivity contribution < 1.29 is 62.0 Å². The second-order valence-corrected chi connectivity index (χ2v) is 24.9. The quantitative estimate of drug-likeness (QED) is 0.106. The van der Waals surface area contributed by atoms with Crippen molar-refractivity contribution in [3.8, 4) is 11.5 Å². The van der Waals surface area contributed by atoms with Crippen molar-refractivity contribution in [2.45, 2.75) is 143 Å². The first kappa shape index (κ1) is 66.8. The summed E-state index contributed by atoms with van der Waals surface area (Å²) >= 11 is 0. The normalized spacial score (nSPS) is 24.8. The number of aromatic nitrogens is 1. The number of anilines is 1. The van der Waals surface area contributed by atoms with Crippen molar-refractivity contribution in [2.24, 2.45) is 23.7 Å². The maximum atomic E-state index is 15.0. The third-order valence-corrected chi connectivity index (χ3v) is 17.1. The maximum Gasteiger partial charge on any atom is 0.256 e. The van der Waals surface area contributed by atoms with E-state index in [9.17, 15) is 57.5 Å². The summed E-state index contributed by atoms with van der Waals surface area (Å²) in [5.74, 6) is -11.2. The van der Waals surface area contributed by atoms with E-state index in [1.807, 2.05) is 0 Å². The largest absolute Gasteiger partial charge is 0.452 e. The van der Waals surface area contributed by atoms with Crippen LogP contribution in [0.4, 0.5) is 5.69 Å². The topological polar surface area (TPSA) is 366 Å². The number of carbonyl (C=O) groups is 12. The first-order chi connectivity index (χ1) is 41.3.